The number of hydrogen-bond acceptors (Lipinski definition) is 5. The summed E-state index contributed by atoms with van der Waals surface area (Å²) in [5.74, 6) is -0.444. The van der Waals surface area contributed by atoms with Gasteiger partial charge >= 0.3 is 5.69 Å². The van der Waals surface area contributed by atoms with Crippen LogP contribution in [0, 0.1) is 6.92 Å². The van der Waals surface area contributed by atoms with Crippen LogP contribution in [-0.4, -0.2) is 20.2 Å². The van der Waals surface area contributed by atoms with Crippen molar-refractivity contribution in [1.82, 2.24) is 14.3 Å². The monoisotopic (exact) mass is 278 g/mol. The van der Waals surface area contributed by atoms with E-state index in [-0.39, 0.29) is 17.4 Å². The molecule has 1 amide bonds. The number of carbonyl (C=O) groups is 1. The fraction of sp³-hybridized carbons (Fsp3) is 0.333. The summed E-state index contributed by atoms with van der Waals surface area (Å²) in [6, 6.07) is 1.18. The molecule has 0 spiro atoms. The Kier molecular flexibility index (Phi) is 3.31. The van der Waals surface area contributed by atoms with Gasteiger partial charge in [0.2, 0.25) is 0 Å². The van der Waals surface area contributed by atoms with Crippen LogP contribution in [0.15, 0.2) is 26.4 Å². The van der Waals surface area contributed by atoms with Gasteiger partial charge in [0.05, 0.1) is 0 Å². The average molecular weight is 278 g/mol. The van der Waals surface area contributed by atoms with Crippen LogP contribution in [-0.2, 0) is 0 Å². The Labute approximate surface area is 113 Å². The second-order valence-corrected chi connectivity index (χ2v) is 4.63. The zero-order valence-electron chi connectivity index (χ0n) is 11.3. The second-order valence-electron chi connectivity index (χ2n) is 4.63. The van der Waals surface area contributed by atoms with E-state index in [0.717, 1.165) is 4.57 Å². The first-order valence-corrected chi connectivity index (χ1v) is 5.94. The Bertz CT molecular complexity index is 781. The van der Waals surface area contributed by atoms with E-state index in [1.807, 2.05) is 0 Å². The summed E-state index contributed by atoms with van der Waals surface area (Å²) in [4.78, 5) is 35.8. The van der Waals surface area contributed by atoms with Crippen molar-refractivity contribution in [2.24, 2.45) is 5.73 Å². The fourth-order valence-electron chi connectivity index (χ4n) is 1.77. The van der Waals surface area contributed by atoms with Gasteiger partial charge in [0.15, 0.2) is 5.82 Å². The van der Waals surface area contributed by atoms with Crippen molar-refractivity contribution >= 4 is 5.91 Å². The van der Waals surface area contributed by atoms with Crippen molar-refractivity contribution in [3.8, 4) is 5.82 Å². The molecule has 0 aliphatic carbocycles. The standard InChI is InChI=1S/C12H14N4O4/c1-6(2)15-5-8(10(13)17)11(18)16(12(15)19)9-4-7(3)20-14-9/h4-6H,1-3H3,(H2,13,17). The van der Waals surface area contributed by atoms with Gasteiger partial charge in [-0.15, -0.1) is 0 Å². The molecule has 0 bridgehead atoms. The van der Waals surface area contributed by atoms with E-state index in [9.17, 15) is 14.4 Å². The first-order chi connectivity index (χ1) is 9.32. The van der Waals surface area contributed by atoms with Gasteiger partial charge in [-0.25, -0.2) is 9.36 Å². The highest BCUT2D eigenvalue weighted by molar-refractivity contribution is 5.92. The van der Waals surface area contributed by atoms with E-state index in [1.54, 1.807) is 20.8 Å². The minimum absolute atomic E-state index is 0.0231. The molecular weight excluding hydrogens is 264 g/mol. The lowest BCUT2D eigenvalue weighted by Gasteiger charge is -2.12. The number of aryl methyl sites for hydroxylation is 1. The molecule has 20 heavy (non-hydrogen) atoms. The lowest BCUT2D eigenvalue weighted by Crippen LogP contribution is -2.43. The molecule has 2 heterocycles. The van der Waals surface area contributed by atoms with Crippen LogP contribution >= 0.6 is 0 Å². The van der Waals surface area contributed by atoms with Crippen LogP contribution in [0.5, 0.6) is 0 Å². The van der Waals surface area contributed by atoms with E-state index < -0.39 is 17.2 Å². The number of nitrogens with zero attached hydrogens (tertiary/aromatic N) is 3. The minimum atomic E-state index is -0.904. The van der Waals surface area contributed by atoms with E-state index in [2.05, 4.69) is 5.16 Å². The van der Waals surface area contributed by atoms with Crippen molar-refractivity contribution in [2.75, 3.05) is 0 Å². The molecular formula is C12H14N4O4. The molecule has 2 N–H and O–H groups in total. The molecule has 0 atom stereocenters. The third-order valence-corrected chi connectivity index (χ3v) is 2.78. The predicted octanol–water partition coefficient (Wildman–Crippen LogP) is -0.0246. The molecule has 2 rings (SSSR count). The number of carbonyl (C=O) groups excluding carboxylic acids is 1. The maximum Gasteiger partial charge on any atom is 0.337 e. The van der Waals surface area contributed by atoms with Gasteiger partial charge in [0.25, 0.3) is 11.5 Å². The van der Waals surface area contributed by atoms with Gasteiger partial charge in [0.1, 0.15) is 11.3 Å². The number of aromatic nitrogens is 3. The van der Waals surface area contributed by atoms with Crippen LogP contribution in [0.1, 0.15) is 36.0 Å². The minimum Gasteiger partial charge on any atom is -0.365 e. The molecule has 0 saturated carbocycles. The van der Waals surface area contributed by atoms with E-state index in [0.29, 0.717) is 5.76 Å². The van der Waals surface area contributed by atoms with Gasteiger partial charge < -0.3 is 10.3 Å². The first-order valence-electron chi connectivity index (χ1n) is 5.94. The molecule has 2 aromatic heterocycles. The number of amides is 1. The second kappa shape index (κ2) is 4.80. The molecule has 0 aliphatic heterocycles. The van der Waals surface area contributed by atoms with Crippen LogP contribution < -0.4 is 17.0 Å². The third-order valence-electron chi connectivity index (χ3n) is 2.78. The normalized spacial score (nSPS) is 11.0. The summed E-state index contributed by atoms with van der Waals surface area (Å²) in [6.07, 6.45) is 1.17. The van der Waals surface area contributed by atoms with Crippen molar-refractivity contribution in [1.29, 1.82) is 0 Å². The zero-order chi connectivity index (χ0) is 15.0. The number of primary amides is 1. The van der Waals surface area contributed by atoms with Crippen molar-refractivity contribution in [3.05, 3.63) is 44.4 Å². The SMILES string of the molecule is Cc1cc(-n2c(=O)c(C(N)=O)cn(C(C)C)c2=O)no1. The summed E-state index contributed by atoms with van der Waals surface area (Å²) in [5.41, 5.74) is 3.48. The smallest absolute Gasteiger partial charge is 0.337 e. The predicted molar refractivity (Wildman–Crippen MR) is 70.0 cm³/mol. The number of rotatable bonds is 3. The lowest BCUT2D eigenvalue weighted by molar-refractivity contribution is 0.0997. The number of nitrogens with two attached hydrogens (primary N) is 1. The van der Waals surface area contributed by atoms with Gasteiger partial charge in [-0.05, 0) is 20.8 Å². The van der Waals surface area contributed by atoms with E-state index >= 15 is 0 Å². The first kappa shape index (κ1) is 13.8. The van der Waals surface area contributed by atoms with Crippen LogP contribution in [0.25, 0.3) is 5.82 Å². The van der Waals surface area contributed by atoms with Gasteiger partial charge in [0, 0.05) is 18.3 Å². The molecule has 0 fully saturated rings. The highest BCUT2D eigenvalue weighted by atomic mass is 16.5. The van der Waals surface area contributed by atoms with Crippen molar-refractivity contribution < 1.29 is 9.32 Å². The maximum absolute atomic E-state index is 12.3. The largest absolute Gasteiger partial charge is 0.365 e. The average Bonchev–Trinajstić information content (AvgIpc) is 2.75. The molecule has 0 saturated heterocycles. The van der Waals surface area contributed by atoms with Gasteiger partial charge in [-0.1, -0.05) is 5.16 Å². The quantitative estimate of drug-likeness (QED) is 0.847. The Morgan fingerprint density at radius 1 is 1.40 bits per heavy atom. The topological polar surface area (TPSA) is 113 Å². The molecule has 0 unspecified atom stereocenters. The summed E-state index contributed by atoms with van der Waals surface area (Å²) < 4.78 is 6.87. The lowest BCUT2D eigenvalue weighted by atomic mass is 10.3. The molecule has 8 nitrogen and oxygen atoms in total. The van der Waals surface area contributed by atoms with Crippen LogP contribution in [0.4, 0.5) is 0 Å². The highest BCUT2D eigenvalue weighted by Crippen LogP contribution is 2.06. The van der Waals surface area contributed by atoms with Gasteiger partial charge in [-0.3, -0.25) is 14.2 Å². The molecule has 8 heteroatoms. The van der Waals surface area contributed by atoms with Crippen LogP contribution in [0.2, 0.25) is 0 Å². The fourth-order valence-corrected chi connectivity index (χ4v) is 1.77. The Morgan fingerprint density at radius 3 is 2.50 bits per heavy atom. The maximum atomic E-state index is 12.3. The highest BCUT2D eigenvalue weighted by Gasteiger charge is 2.19. The molecule has 0 radical (unpaired) electrons. The summed E-state index contributed by atoms with van der Waals surface area (Å²) in [7, 11) is 0. The van der Waals surface area contributed by atoms with Crippen LogP contribution in [0.3, 0.4) is 0 Å². The Balaban J connectivity index is 2.88. The van der Waals surface area contributed by atoms with Crippen molar-refractivity contribution in [3.63, 3.8) is 0 Å². The summed E-state index contributed by atoms with van der Waals surface area (Å²) >= 11 is 0. The molecule has 106 valence electrons. The third kappa shape index (κ3) is 2.15. The van der Waals surface area contributed by atoms with E-state index in [1.165, 1.54) is 16.8 Å². The summed E-state index contributed by atoms with van der Waals surface area (Å²) in [5, 5.41) is 3.63. The summed E-state index contributed by atoms with van der Waals surface area (Å²) in [6.45, 7) is 5.12. The van der Waals surface area contributed by atoms with E-state index in [4.69, 9.17) is 10.3 Å². The van der Waals surface area contributed by atoms with Gasteiger partial charge in [-0.2, -0.15) is 0 Å². The Morgan fingerprint density at radius 2 is 2.05 bits per heavy atom. The zero-order valence-corrected chi connectivity index (χ0v) is 11.3. The Hall–Kier alpha value is -2.64. The number of hydrogen-bond donors (Lipinski definition) is 1. The molecule has 2 aromatic rings. The van der Waals surface area contributed by atoms with Crippen molar-refractivity contribution in [2.45, 2.75) is 26.8 Å². The molecule has 0 aliphatic rings. The molecule has 0 aromatic carbocycles.